The van der Waals surface area contributed by atoms with Crippen LogP contribution in [-0.4, -0.2) is 10.8 Å². The maximum absolute atomic E-state index is 9.52. The van der Waals surface area contributed by atoms with E-state index in [9.17, 15) is 5.26 Å². The van der Waals surface area contributed by atoms with Crippen LogP contribution in [0.1, 0.15) is 16.5 Å². The summed E-state index contributed by atoms with van der Waals surface area (Å²) < 4.78 is 5.80. The minimum Gasteiger partial charge on any atom is -0.418 e. The highest BCUT2D eigenvalue weighted by atomic mass is 32.1. The van der Waals surface area contributed by atoms with E-state index in [1.807, 2.05) is 47.8 Å². The molecule has 0 saturated heterocycles. The molecule has 23 heavy (non-hydrogen) atoms. The number of nitrogens with two attached hydrogens (primary N) is 1. The molecule has 2 N–H and O–H groups in total. The second kappa shape index (κ2) is 5.38. The minimum absolute atomic E-state index is 0.242. The van der Waals surface area contributed by atoms with Gasteiger partial charge in [-0.25, -0.2) is 4.98 Å². The first-order valence-electron chi connectivity index (χ1n) is 7.11. The van der Waals surface area contributed by atoms with Gasteiger partial charge in [0, 0.05) is 10.4 Å². The smallest absolute Gasteiger partial charge is 0.245 e. The molecule has 0 fully saturated rings. The molecule has 1 aliphatic rings. The average molecular weight is 320 g/mol. The molecule has 1 aromatic carbocycles. The highest BCUT2D eigenvalue weighted by Crippen LogP contribution is 2.44. The van der Waals surface area contributed by atoms with E-state index in [-0.39, 0.29) is 11.8 Å². The van der Waals surface area contributed by atoms with Gasteiger partial charge in [-0.3, -0.25) is 0 Å². The van der Waals surface area contributed by atoms with E-state index in [0.717, 1.165) is 10.4 Å². The van der Waals surface area contributed by atoms with E-state index in [2.05, 4.69) is 16.0 Å². The van der Waals surface area contributed by atoms with Gasteiger partial charge in [0.15, 0.2) is 0 Å². The van der Waals surface area contributed by atoms with Gasteiger partial charge in [-0.15, -0.1) is 11.3 Å². The molecule has 2 aromatic heterocycles. The molecule has 0 spiro atoms. The van der Waals surface area contributed by atoms with Crippen LogP contribution in [0.3, 0.4) is 0 Å². The van der Waals surface area contributed by atoms with E-state index in [0.29, 0.717) is 17.5 Å². The quantitative estimate of drug-likeness (QED) is 0.780. The molecule has 3 heterocycles. The number of oxazole rings is 1. The number of aromatic nitrogens is 1. The van der Waals surface area contributed by atoms with Crippen LogP contribution < -0.4 is 5.73 Å². The predicted molar refractivity (Wildman–Crippen MR) is 88.5 cm³/mol. The topological polar surface area (TPSA) is 88.2 Å². The number of thiophene rings is 1. The summed E-state index contributed by atoms with van der Waals surface area (Å²) in [5, 5.41) is 11.5. The fraction of sp³-hybridized carbons (Fsp3) is 0.118. The molecule has 2 unspecified atom stereocenters. The molecule has 2 atom stereocenters. The van der Waals surface area contributed by atoms with Crippen LogP contribution in [0.5, 0.6) is 0 Å². The molecule has 0 radical (unpaired) electrons. The molecule has 5 nitrogen and oxygen atoms in total. The Morgan fingerprint density at radius 1 is 1.17 bits per heavy atom. The van der Waals surface area contributed by atoms with E-state index in [1.54, 1.807) is 11.3 Å². The van der Waals surface area contributed by atoms with Crippen molar-refractivity contribution in [3.63, 3.8) is 0 Å². The van der Waals surface area contributed by atoms with Crippen LogP contribution in [0.15, 0.2) is 57.3 Å². The Morgan fingerprint density at radius 3 is 2.70 bits per heavy atom. The summed E-state index contributed by atoms with van der Waals surface area (Å²) in [7, 11) is 0. The van der Waals surface area contributed by atoms with Crippen molar-refractivity contribution in [2.45, 2.75) is 5.92 Å². The maximum Gasteiger partial charge on any atom is 0.245 e. The van der Waals surface area contributed by atoms with Crippen molar-refractivity contribution in [1.29, 1.82) is 5.26 Å². The molecule has 0 aliphatic carbocycles. The van der Waals surface area contributed by atoms with E-state index in [4.69, 9.17) is 10.2 Å². The zero-order valence-electron chi connectivity index (χ0n) is 12.0. The van der Waals surface area contributed by atoms with Gasteiger partial charge in [-0.1, -0.05) is 24.3 Å². The van der Waals surface area contributed by atoms with Crippen molar-refractivity contribution >= 4 is 23.1 Å². The molecule has 4 rings (SSSR count). The first-order chi connectivity index (χ1) is 11.3. The lowest BCUT2D eigenvalue weighted by molar-refractivity contribution is 0.573. The highest BCUT2D eigenvalue weighted by Gasteiger charge is 2.38. The molecule has 112 valence electrons. The fourth-order valence-corrected chi connectivity index (χ4v) is 3.60. The number of nitrogens with zero attached hydrogens (tertiary/aromatic N) is 3. The molecule has 0 bridgehead atoms. The zero-order valence-corrected chi connectivity index (χ0v) is 12.8. The van der Waals surface area contributed by atoms with Gasteiger partial charge in [0.05, 0.1) is 12.0 Å². The largest absolute Gasteiger partial charge is 0.418 e. The lowest BCUT2D eigenvalue weighted by atomic mass is 9.86. The Balaban J connectivity index is 1.88. The minimum atomic E-state index is -0.533. The number of amidine groups is 1. The number of hydrogen-bond donors (Lipinski definition) is 1. The van der Waals surface area contributed by atoms with Crippen molar-refractivity contribution in [3.05, 3.63) is 58.4 Å². The van der Waals surface area contributed by atoms with Crippen LogP contribution in [0.4, 0.5) is 5.88 Å². The fourth-order valence-electron chi connectivity index (χ4n) is 2.73. The lowest BCUT2D eigenvalue weighted by Gasteiger charge is -2.22. The molecule has 1 aliphatic heterocycles. The summed E-state index contributed by atoms with van der Waals surface area (Å²) in [4.78, 5) is 9.90. The third-order valence-electron chi connectivity index (χ3n) is 3.82. The third kappa shape index (κ3) is 2.22. The molecule has 0 saturated carbocycles. The van der Waals surface area contributed by atoms with Crippen molar-refractivity contribution in [3.8, 4) is 17.5 Å². The standard InChI is InChI=1S/C17H12N4OS/c18-9-11-13(12-7-4-8-23-12)14-17(21-15(11)19)22-16(20-14)10-5-2-1-3-6-10/h1-8,11,13H,(H2,19,21). The van der Waals surface area contributed by atoms with Crippen molar-refractivity contribution in [1.82, 2.24) is 4.98 Å². The Hall–Kier alpha value is -2.91. The first-order valence-corrected chi connectivity index (χ1v) is 7.99. The Bertz CT molecular complexity index is 906. The predicted octanol–water partition coefficient (Wildman–Crippen LogP) is 3.68. The second-order valence-corrected chi connectivity index (χ2v) is 6.19. The Labute approximate surface area is 136 Å². The van der Waals surface area contributed by atoms with Gasteiger partial charge < -0.3 is 10.2 Å². The number of fused-ring (bicyclic) bond motifs is 1. The third-order valence-corrected chi connectivity index (χ3v) is 4.78. The van der Waals surface area contributed by atoms with Gasteiger partial charge in [-0.05, 0) is 23.6 Å². The maximum atomic E-state index is 9.52. The summed E-state index contributed by atoms with van der Waals surface area (Å²) in [6, 6.07) is 15.8. The normalized spacial score (nSPS) is 19.7. The van der Waals surface area contributed by atoms with E-state index < -0.39 is 5.92 Å². The molecule has 6 heteroatoms. The Morgan fingerprint density at radius 2 is 2.00 bits per heavy atom. The number of aliphatic imine (C=N–C) groups is 1. The summed E-state index contributed by atoms with van der Waals surface area (Å²) in [6.45, 7) is 0. The van der Waals surface area contributed by atoms with Gasteiger partial charge >= 0.3 is 0 Å². The van der Waals surface area contributed by atoms with Crippen molar-refractivity contribution in [2.24, 2.45) is 16.6 Å². The SMILES string of the molecule is N#CC1C(N)=Nc2oc(-c3ccccc3)nc2C1c1cccs1. The number of nitriles is 1. The molecular formula is C17H12N4OS. The number of rotatable bonds is 2. The number of hydrogen-bond acceptors (Lipinski definition) is 6. The summed E-state index contributed by atoms with van der Waals surface area (Å²) in [6.07, 6.45) is 0. The lowest BCUT2D eigenvalue weighted by Crippen LogP contribution is -2.30. The van der Waals surface area contributed by atoms with Crippen LogP contribution in [0.2, 0.25) is 0 Å². The van der Waals surface area contributed by atoms with Crippen molar-refractivity contribution < 1.29 is 4.42 Å². The average Bonchev–Trinajstić information content (AvgIpc) is 3.23. The summed E-state index contributed by atoms with van der Waals surface area (Å²) in [5.74, 6) is 0.385. The summed E-state index contributed by atoms with van der Waals surface area (Å²) >= 11 is 1.58. The van der Waals surface area contributed by atoms with E-state index in [1.165, 1.54) is 0 Å². The summed E-state index contributed by atoms with van der Waals surface area (Å²) in [5.41, 5.74) is 7.54. The monoisotopic (exact) mass is 320 g/mol. The van der Waals surface area contributed by atoms with Gasteiger partial charge in [0.25, 0.3) is 0 Å². The molecule has 0 amide bonds. The molecular weight excluding hydrogens is 308 g/mol. The van der Waals surface area contributed by atoms with Crippen LogP contribution >= 0.6 is 11.3 Å². The van der Waals surface area contributed by atoms with Crippen molar-refractivity contribution in [2.75, 3.05) is 0 Å². The molecule has 3 aromatic rings. The first kappa shape index (κ1) is 13.7. The number of benzene rings is 1. The van der Waals surface area contributed by atoms with Gasteiger partial charge in [-0.2, -0.15) is 10.3 Å². The van der Waals surface area contributed by atoms with Gasteiger partial charge in [0.1, 0.15) is 17.4 Å². The van der Waals surface area contributed by atoms with Crippen LogP contribution in [0.25, 0.3) is 11.5 Å². The highest BCUT2D eigenvalue weighted by molar-refractivity contribution is 7.10. The second-order valence-electron chi connectivity index (χ2n) is 5.21. The van der Waals surface area contributed by atoms with Gasteiger partial charge in [0.2, 0.25) is 11.8 Å². The van der Waals surface area contributed by atoms with Crippen LogP contribution in [0, 0.1) is 17.2 Å². The zero-order chi connectivity index (χ0) is 15.8. The Kier molecular flexibility index (Phi) is 3.21. The van der Waals surface area contributed by atoms with Crippen LogP contribution in [-0.2, 0) is 0 Å². The van der Waals surface area contributed by atoms with E-state index >= 15 is 0 Å².